The first-order chi connectivity index (χ1) is 10.1. The lowest BCUT2D eigenvalue weighted by atomic mass is 9.96. The third-order valence-electron chi connectivity index (χ3n) is 4.98. The molecular formula is C18H26N2O. The van der Waals surface area contributed by atoms with Crippen molar-refractivity contribution in [3.8, 4) is 0 Å². The molecule has 3 nitrogen and oxygen atoms in total. The Bertz CT molecular complexity index is 514. The van der Waals surface area contributed by atoms with Gasteiger partial charge < -0.3 is 9.80 Å². The highest BCUT2D eigenvalue weighted by molar-refractivity contribution is 5.82. The number of piperidine rings is 1. The molecule has 2 aliphatic heterocycles. The molecule has 21 heavy (non-hydrogen) atoms. The number of nitrogens with zero attached hydrogens (tertiary/aromatic N) is 2. The highest BCUT2D eigenvalue weighted by Gasteiger charge is 2.27. The van der Waals surface area contributed by atoms with Gasteiger partial charge in [-0.05, 0) is 50.2 Å². The van der Waals surface area contributed by atoms with Crippen molar-refractivity contribution in [3.63, 3.8) is 0 Å². The summed E-state index contributed by atoms with van der Waals surface area (Å²) in [5.74, 6) is 0.943. The number of rotatable bonds is 2. The monoisotopic (exact) mass is 286 g/mol. The molecule has 1 saturated heterocycles. The molecule has 0 aliphatic carbocycles. The van der Waals surface area contributed by atoms with Crippen molar-refractivity contribution in [2.45, 2.75) is 45.6 Å². The van der Waals surface area contributed by atoms with Gasteiger partial charge >= 0.3 is 0 Å². The molecule has 1 fully saturated rings. The maximum atomic E-state index is 12.7. The standard InChI is InChI=1S/C18H26N2O/c1-14-6-5-11-19(12-14)18(21)13-20-15(2)9-10-16-7-3-4-8-17(16)20/h3-4,7-8,14-15H,5-6,9-13H2,1-2H3. The number of carbonyl (C=O) groups excluding carboxylic acids is 1. The summed E-state index contributed by atoms with van der Waals surface area (Å²) in [6.07, 6.45) is 4.68. The van der Waals surface area contributed by atoms with Crippen LogP contribution in [0, 0.1) is 5.92 Å². The van der Waals surface area contributed by atoms with Gasteiger partial charge in [0, 0.05) is 24.8 Å². The number of carbonyl (C=O) groups is 1. The van der Waals surface area contributed by atoms with Crippen molar-refractivity contribution < 1.29 is 4.79 Å². The Labute approximate surface area is 127 Å². The molecule has 0 bridgehead atoms. The van der Waals surface area contributed by atoms with E-state index in [9.17, 15) is 4.79 Å². The zero-order chi connectivity index (χ0) is 14.8. The van der Waals surface area contributed by atoms with E-state index in [2.05, 4.69) is 47.9 Å². The third kappa shape index (κ3) is 3.07. The Balaban J connectivity index is 1.73. The summed E-state index contributed by atoms with van der Waals surface area (Å²) in [5, 5.41) is 0. The van der Waals surface area contributed by atoms with E-state index in [1.54, 1.807) is 0 Å². The van der Waals surface area contributed by atoms with E-state index in [4.69, 9.17) is 0 Å². The third-order valence-corrected chi connectivity index (χ3v) is 4.98. The summed E-state index contributed by atoms with van der Waals surface area (Å²) in [4.78, 5) is 17.0. The van der Waals surface area contributed by atoms with Gasteiger partial charge in [-0.25, -0.2) is 0 Å². The Hall–Kier alpha value is -1.51. The minimum absolute atomic E-state index is 0.296. The fraction of sp³-hybridized carbons (Fsp3) is 0.611. The normalized spacial score (nSPS) is 25.6. The van der Waals surface area contributed by atoms with Crippen LogP contribution in [0.5, 0.6) is 0 Å². The first-order valence-electron chi connectivity index (χ1n) is 8.27. The first-order valence-corrected chi connectivity index (χ1v) is 8.27. The lowest BCUT2D eigenvalue weighted by Crippen LogP contribution is -2.48. The molecule has 2 aliphatic rings. The number of amides is 1. The van der Waals surface area contributed by atoms with Crippen LogP contribution >= 0.6 is 0 Å². The van der Waals surface area contributed by atoms with Gasteiger partial charge in [-0.1, -0.05) is 25.1 Å². The summed E-state index contributed by atoms with van der Waals surface area (Å²) < 4.78 is 0. The van der Waals surface area contributed by atoms with Gasteiger partial charge in [-0.2, -0.15) is 0 Å². The molecule has 0 N–H and O–H groups in total. The number of anilines is 1. The second kappa shape index (κ2) is 6.08. The van der Waals surface area contributed by atoms with Crippen LogP contribution in [0.2, 0.25) is 0 Å². The second-order valence-corrected chi connectivity index (χ2v) is 6.73. The SMILES string of the molecule is CC1CCCN(C(=O)CN2c3ccccc3CCC2C)C1. The van der Waals surface area contributed by atoms with Crippen LogP contribution in [-0.4, -0.2) is 36.5 Å². The number of benzene rings is 1. The smallest absolute Gasteiger partial charge is 0.242 e. The summed E-state index contributed by atoms with van der Waals surface area (Å²) in [6, 6.07) is 8.99. The molecular weight excluding hydrogens is 260 g/mol. The lowest BCUT2D eigenvalue weighted by molar-refractivity contribution is -0.131. The molecule has 3 rings (SSSR count). The predicted octanol–water partition coefficient (Wildman–Crippen LogP) is 3.09. The largest absolute Gasteiger partial charge is 0.359 e. The molecule has 2 atom stereocenters. The quantitative estimate of drug-likeness (QED) is 0.834. The van der Waals surface area contributed by atoms with E-state index in [1.165, 1.54) is 17.7 Å². The number of hydrogen-bond acceptors (Lipinski definition) is 2. The Morgan fingerprint density at radius 1 is 1.24 bits per heavy atom. The summed E-state index contributed by atoms with van der Waals surface area (Å²) >= 11 is 0. The number of para-hydroxylation sites is 1. The average molecular weight is 286 g/mol. The van der Waals surface area contributed by atoms with Gasteiger partial charge in [0.2, 0.25) is 5.91 Å². The van der Waals surface area contributed by atoms with E-state index < -0.39 is 0 Å². The molecule has 2 heterocycles. The molecule has 0 aromatic heterocycles. The summed E-state index contributed by atoms with van der Waals surface area (Å²) in [6.45, 7) is 6.89. The molecule has 0 radical (unpaired) electrons. The van der Waals surface area contributed by atoms with Gasteiger partial charge in [0.15, 0.2) is 0 Å². The van der Waals surface area contributed by atoms with Crippen molar-refractivity contribution in [1.82, 2.24) is 4.90 Å². The fourth-order valence-electron chi connectivity index (χ4n) is 3.66. The minimum atomic E-state index is 0.296. The Morgan fingerprint density at radius 3 is 2.86 bits per heavy atom. The first kappa shape index (κ1) is 14.4. The number of hydrogen-bond donors (Lipinski definition) is 0. The highest BCUT2D eigenvalue weighted by atomic mass is 16.2. The van der Waals surface area contributed by atoms with Gasteiger partial charge in [0.1, 0.15) is 0 Å². The molecule has 114 valence electrons. The van der Waals surface area contributed by atoms with Crippen LogP contribution in [0.1, 0.15) is 38.7 Å². The van der Waals surface area contributed by atoms with E-state index in [-0.39, 0.29) is 0 Å². The predicted molar refractivity (Wildman–Crippen MR) is 86.5 cm³/mol. The van der Waals surface area contributed by atoms with Crippen LogP contribution < -0.4 is 4.90 Å². The van der Waals surface area contributed by atoms with Crippen LogP contribution in [0.4, 0.5) is 5.69 Å². The summed E-state index contributed by atoms with van der Waals surface area (Å²) in [5.41, 5.74) is 2.64. The van der Waals surface area contributed by atoms with E-state index in [0.29, 0.717) is 24.4 Å². The number of fused-ring (bicyclic) bond motifs is 1. The zero-order valence-electron chi connectivity index (χ0n) is 13.2. The van der Waals surface area contributed by atoms with Crippen molar-refractivity contribution in [2.75, 3.05) is 24.5 Å². The van der Waals surface area contributed by atoms with E-state index >= 15 is 0 Å². The molecule has 1 aromatic rings. The van der Waals surface area contributed by atoms with Gasteiger partial charge in [-0.15, -0.1) is 0 Å². The molecule has 2 unspecified atom stereocenters. The van der Waals surface area contributed by atoms with E-state index in [0.717, 1.165) is 32.4 Å². The van der Waals surface area contributed by atoms with Crippen LogP contribution in [0.15, 0.2) is 24.3 Å². The van der Waals surface area contributed by atoms with Crippen molar-refractivity contribution in [2.24, 2.45) is 5.92 Å². The van der Waals surface area contributed by atoms with Crippen LogP contribution in [0.3, 0.4) is 0 Å². The Kier molecular flexibility index (Phi) is 4.18. The zero-order valence-corrected chi connectivity index (χ0v) is 13.2. The summed E-state index contributed by atoms with van der Waals surface area (Å²) in [7, 11) is 0. The fourth-order valence-corrected chi connectivity index (χ4v) is 3.66. The van der Waals surface area contributed by atoms with Crippen molar-refractivity contribution in [3.05, 3.63) is 29.8 Å². The second-order valence-electron chi connectivity index (χ2n) is 6.73. The van der Waals surface area contributed by atoms with Gasteiger partial charge in [0.05, 0.1) is 6.54 Å². The van der Waals surface area contributed by atoms with Gasteiger partial charge in [0.25, 0.3) is 0 Å². The molecule has 1 aromatic carbocycles. The minimum Gasteiger partial charge on any atom is -0.359 e. The molecule has 0 saturated carbocycles. The van der Waals surface area contributed by atoms with Crippen molar-refractivity contribution in [1.29, 1.82) is 0 Å². The van der Waals surface area contributed by atoms with Gasteiger partial charge in [-0.3, -0.25) is 4.79 Å². The molecule has 3 heteroatoms. The highest BCUT2D eigenvalue weighted by Crippen LogP contribution is 2.30. The lowest BCUT2D eigenvalue weighted by Gasteiger charge is -2.39. The maximum absolute atomic E-state index is 12.7. The number of likely N-dealkylation sites (tertiary alicyclic amines) is 1. The Morgan fingerprint density at radius 2 is 2.05 bits per heavy atom. The van der Waals surface area contributed by atoms with E-state index in [1.807, 2.05) is 0 Å². The maximum Gasteiger partial charge on any atom is 0.242 e. The number of aryl methyl sites for hydroxylation is 1. The molecule has 1 amide bonds. The van der Waals surface area contributed by atoms with Crippen molar-refractivity contribution >= 4 is 11.6 Å². The average Bonchev–Trinajstić information content (AvgIpc) is 2.50. The topological polar surface area (TPSA) is 23.6 Å². The molecule has 0 spiro atoms. The van der Waals surface area contributed by atoms with Crippen LogP contribution in [-0.2, 0) is 11.2 Å². The van der Waals surface area contributed by atoms with Crippen LogP contribution in [0.25, 0.3) is 0 Å².